The van der Waals surface area contributed by atoms with Crippen molar-refractivity contribution in [3.05, 3.63) is 41.5 Å². The van der Waals surface area contributed by atoms with E-state index >= 15 is 0 Å². The Morgan fingerprint density at radius 3 is 2.67 bits per heavy atom. The molecule has 0 spiro atoms. The highest BCUT2D eigenvalue weighted by Crippen LogP contribution is 2.58. The molecule has 1 N–H and O–H groups in total. The minimum Gasteiger partial charge on any atom is -0.384 e. The van der Waals surface area contributed by atoms with Gasteiger partial charge in [0.05, 0.1) is 5.69 Å². The quantitative estimate of drug-likeness (QED) is 0.524. The lowest BCUT2D eigenvalue weighted by Gasteiger charge is -2.52. The predicted molar refractivity (Wildman–Crippen MR) is 106 cm³/mol. The molecule has 1 aliphatic rings. The lowest BCUT2D eigenvalue weighted by molar-refractivity contribution is -0.339. The highest BCUT2D eigenvalue weighted by Gasteiger charge is 2.69. The molecule has 0 bridgehead atoms. The molecule has 0 aromatic carbocycles. The number of alkyl halides is 3. The van der Waals surface area contributed by atoms with E-state index in [4.69, 9.17) is 4.74 Å². The molecule has 0 radical (unpaired) electrons. The number of methoxy groups -OCH3 is 1. The molecule has 0 aliphatic heterocycles. The van der Waals surface area contributed by atoms with Crippen LogP contribution in [0.25, 0.3) is 32.5 Å². The van der Waals surface area contributed by atoms with Gasteiger partial charge >= 0.3 is 6.18 Å². The summed E-state index contributed by atoms with van der Waals surface area (Å²) in [6.07, 6.45) is -2.03. The zero-order valence-corrected chi connectivity index (χ0v) is 16.9. The molecule has 0 amide bonds. The number of aliphatic hydroxyl groups is 1. The van der Waals surface area contributed by atoms with Crippen LogP contribution < -0.4 is 0 Å². The highest BCUT2D eigenvalue weighted by atomic mass is 32.1. The van der Waals surface area contributed by atoms with Crippen molar-refractivity contribution in [2.75, 3.05) is 7.11 Å². The van der Waals surface area contributed by atoms with Crippen LogP contribution >= 0.6 is 11.3 Å². The third-order valence-corrected chi connectivity index (χ3v) is 6.91. The fourth-order valence-corrected chi connectivity index (χ4v) is 5.13. The maximum Gasteiger partial charge on any atom is 0.417 e. The Kier molecular flexibility index (Phi) is 4.03. The van der Waals surface area contributed by atoms with Crippen molar-refractivity contribution < 1.29 is 23.0 Å². The summed E-state index contributed by atoms with van der Waals surface area (Å²) in [4.78, 5) is 10.1. The van der Waals surface area contributed by atoms with Crippen LogP contribution in [0.1, 0.15) is 17.7 Å². The minimum absolute atomic E-state index is 0.458. The van der Waals surface area contributed by atoms with Crippen molar-refractivity contribution >= 4 is 32.6 Å². The van der Waals surface area contributed by atoms with Crippen LogP contribution in [-0.4, -0.2) is 43.7 Å². The van der Waals surface area contributed by atoms with Crippen molar-refractivity contribution in [3.8, 4) is 11.3 Å². The zero-order chi connectivity index (χ0) is 21.3. The van der Waals surface area contributed by atoms with Gasteiger partial charge in [-0.2, -0.15) is 18.3 Å². The molecule has 0 saturated heterocycles. The van der Waals surface area contributed by atoms with Crippen molar-refractivity contribution in [3.63, 3.8) is 0 Å². The fraction of sp³-hybridized carbons (Fsp3) is 0.350. The van der Waals surface area contributed by atoms with E-state index in [1.807, 2.05) is 31.4 Å². The van der Waals surface area contributed by atoms with Crippen molar-refractivity contribution in [2.45, 2.75) is 30.2 Å². The molecule has 10 heteroatoms. The van der Waals surface area contributed by atoms with Gasteiger partial charge in [-0.15, -0.1) is 11.3 Å². The Balaban J connectivity index is 1.48. The Bertz CT molecular complexity index is 1270. The smallest absolute Gasteiger partial charge is 0.384 e. The van der Waals surface area contributed by atoms with E-state index in [1.54, 1.807) is 16.9 Å². The summed E-state index contributed by atoms with van der Waals surface area (Å²) in [5.41, 5.74) is -1.74. The van der Waals surface area contributed by atoms with Gasteiger partial charge in [-0.05, 0) is 24.3 Å². The maximum absolute atomic E-state index is 13.3. The van der Waals surface area contributed by atoms with Crippen molar-refractivity contribution in [2.24, 2.45) is 7.05 Å². The molecule has 4 aromatic rings. The van der Waals surface area contributed by atoms with Crippen molar-refractivity contribution in [1.82, 2.24) is 19.7 Å². The van der Waals surface area contributed by atoms with Gasteiger partial charge in [0.2, 0.25) is 0 Å². The van der Waals surface area contributed by atoms with Gasteiger partial charge in [0.15, 0.2) is 11.2 Å². The number of halogens is 3. The lowest BCUT2D eigenvalue weighted by atomic mass is 9.66. The number of hydrogen-bond acceptors (Lipinski definition) is 6. The first-order chi connectivity index (χ1) is 14.1. The lowest BCUT2D eigenvalue weighted by Crippen LogP contribution is -2.63. The Morgan fingerprint density at radius 2 is 1.97 bits per heavy atom. The molecule has 0 atom stereocenters. The minimum atomic E-state index is -4.53. The number of aryl methyl sites for hydroxylation is 1. The first kappa shape index (κ1) is 19.4. The summed E-state index contributed by atoms with van der Waals surface area (Å²) in [5, 5.41) is 16.7. The van der Waals surface area contributed by atoms with Gasteiger partial charge in [-0.1, -0.05) is 0 Å². The molecule has 1 saturated carbocycles. The van der Waals surface area contributed by atoms with E-state index in [2.05, 4.69) is 15.1 Å². The molecule has 156 valence electrons. The topological polar surface area (TPSA) is 73.1 Å². The number of hydrogen-bond donors (Lipinski definition) is 1. The summed E-state index contributed by atoms with van der Waals surface area (Å²) in [6, 6.07) is 7.32. The molecule has 30 heavy (non-hydrogen) atoms. The van der Waals surface area contributed by atoms with Crippen LogP contribution in [-0.2, 0) is 17.4 Å². The largest absolute Gasteiger partial charge is 0.417 e. The van der Waals surface area contributed by atoms with E-state index in [1.165, 1.54) is 11.3 Å². The third-order valence-electron chi connectivity index (χ3n) is 5.67. The van der Waals surface area contributed by atoms with Gasteiger partial charge in [-0.3, -0.25) is 4.68 Å². The van der Waals surface area contributed by atoms with E-state index < -0.39 is 30.2 Å². The van der Waals surface area contributed by atoms with E-state index in [0.717, 1.165) is 23.4 Å². The Hall–Kier alpha value is -2.56. The Morgan fingerprint density at radius 1 is 1.20 bits per heavy atom. The molecule has 0 unspecified atom stereocenters. The predicted octanol–water partition coefficient (Wildman–Crippen LogP) is 4.17. The molecular formula is C20H17F3N4O2S. The second-order valence-electron chi connectivity index (χ2n) is 7.72. The van der Waals surface area contributed by atoms with E-state index in [0.29, 0.717) is 21.0 Å². The van der Waals surface area contributed by atoms with Gasteiger partial charge in [0, 0.05) is 60.6 Å². The third kappa shape index (κ3) is 2.82. The van der Waals surface area contributed by atoms with E-state index in [-0.39, 0.29) is 0 Å². The summed E-state index contributed by atoms with van der Waals surface area (Å²) in [6.45, 7) is 0. The van der Waals surface area contributed by atoms with Crippen LogP contribution in [0.3, 0.4) is 0 Å². The summed E-state index contributed by atoms with van der Waals surface area (Å²) < 4.78 is 46.4. The zero-order valence-electron chi connectivity index (χ0n) is 16.1. The Labute approximate surface area is 172 Å². The number of aromatic nitrogens is 4. The first-order valence-electron chi connectivity index (χ1n) is 9.18. The molecule has 6 nitrogen and oxygen atoms in total. The van der Waals surface area contributed by atoms with E-state index in [9.17, 15) is 18.3 Å². The van der Waals surface area contributed by atoms with Crippen molar-refractivity contribution in [1.29, 1.82) is 0 Å². The second kappa shape index (κ2) is 6.22. The molecule has 1 fully saturated rings. The monoisotopic (exact) mass is 434 g/mol. The second-order valence-corrected chi connectivity index (χ2v) is 8.75. The normalized spacial score (nSPS) is 24.5. The summed E-state index contributed by atoms with van der Waals surface area (Å²) >= 11 is 1.20. The standard InChI is InChI=1S/C20H17F3N4O2S/c1-27-8-13-5-12(7-24-16(13)26-27)14-4-3-11-6-15(30-17(11)25-14)18(28)9-19(10-18,29-2)20(21,22)23/h3-8,28H,9-10H2,1-2H3. The van der Waals surface area contributed by atoms with Crippen LogP contribution in [0.2, 0.25) is 0 Å². The highest BCUT2D eigenvalue weighted by molar-refractivity contribution is 7.18. The number of fused-ring (bicyclic) bond motifs is 2. The number of ether oxygens (including phenoxy) is 1. The number of rotatable bonds is 3. The molecule has 4 aromatic heterocycles. The van der Waals surface area contributed by atoms with Gasteiger partial charge in [0.25, 0.3) is 0 Å². The van der Waals surface area contributed by atoms with Crippen LogP contribution in [0.5, 0.6) is 0 Å². The van der Waals surface area contributed by atoms with Crippen LogP contribution in [0, 0.1) is 0 Å². The molecule has 5 rings (SSSR count). The van der Waals surface area contributed by atoms with Crippen LogP contribution in [0.4, 0.5) is 13.2 Å². The first-order valence-corrected chi connectivity index (χ1v) is 9.99. The summed E-state index contributed by atoms with van der Waals surface area (Å²) in [5.74, 6) is 0. The maximum atomic E-state index is 13.3. The molecule has 4 heterocycles. The number of nitrogens with zero attached hydrogens (tertiary/aromatic N) is 4. The average molecular weight is 434 g/mol. The van der Waals surface area contributed by atoms with Gasteiger partial charge in [0.1, 0.15) is 10.4 Å². The molecular weight excluding hydrogens is 417 g/mol. The SMILES string of the molecule is COC1(C(F)(F)F)CC(O)(c2cc3ccc(-c4cnc5nn(C)cc5c4)nc3s2)C1. The molecule has 1 aliphatic carbocycles. The van der Waals surface area contributed by atoms with Gasteiger partial charge < -0.3 is 9.84 Å². The fourth-order valence-electron chi connectivity index (χ4n) is 4.01. The van der Waals surface area contributed by atoms with Gasteiger partial charge in [-0.25, -0.2) is 9.97 Å². The van der Waals surface area contributed by atoms with Crippen LogP contribution in [0.15, 0.2) is 36.7 Å². The number of thiophene rings is 1. The average Bonchev–Trinajstić information content (AvgIpc) is 3.25. The number of pyridine rings is 2. The summed E-state index contributed by atoms with van der Waals surface area (Å²) in [7, 11) is 2.85.